The molecule has 0 aromatic heterocycles. The summed E-state index contributed by atoms with van der Waals surface area (Å²) in [4.78, 5) is 0. The molecule has 0 fully saturated rings. The van der Waals surface area contributed by atoms with Crippen LogP contribution in [0.2, 0.25) is 0 Å². The van der Waals surface area contributed by atoms with Crippen LogP contribution in [0.4, 0.5) is 0 Å². The molecule has 0 aromatic carbocycles. The minimum Gasteiger partial charge on any atom is -0.396 e. The molecule has 1 atom stereocenters. The Morgan fingerprint density at radius 1 is 0.933 bits per heavy atom. The first kappa shape index (κ1) is 14.9. The number of aliphatic hydroxyl groups excluding tert-OH is 2. The van der Waals surface area contributed by atoms with E-state index in [1.165, 1.54) is 6.42 Å². The molecule has 92 valence electrons. The lowest BCUT2D eigenvalue weighted by Gasteiger charge is -2.21. The maximum atomic E-state index is 8.89. The molecule has 15 heavy (non-hydrogen) atoms. The monoisotopic (exact) mass is 217 g/mol. The Bertz CT molecular complexity index is 129. The van der Waals surface area contributed by atoms with Crippen molar-refractivity contribution >= 4 is 0 Å². The quantitative estimate of drug-likeness (QED) is 0.486. The lowest BCUT2D eigenvalue weighted by Crippen LogP contribution is -2.35. The maximum Gasteiger partial charge on any atom is 0.0445 e. The number of aliphatic hydroxyl groups is 2. The van der Waals surface area contributed by atoms with E-state index in [9.17, 15) is 0 Å². The second-order valence-corrected chi connectivity index (χ2v) is 4.45. The van der Waals surface area contributed by atoms with Gasteiger partial charge in [-0.15, -0.1) is 0 Å². The summed E-state index contributed by atoms with van der Waals surface area (Å²) in [6, 6.07) is 0.438. The van der Waals surface area contributed by atoms with Gasteiger partial charge in [0.2, 0.25) is 0 Å². The summed E-state index contributed by atoms with van der Waals surface area (Å²) in [7, 11) is 0. The smallest absolute Gasteiger partial charge is 0.0445 e. The van der Waals surface area contributed by atoms with Gasteiger partial charge in [0.05, 0.1) is 0 Å². The Balaban J connectivity index is 3.37. The van der Waals surface area contributed by atoms with Gasteiger partial charge in [-0.05, 0) is 31.7 Å². The van der Waals surface area contributed by atoms with Crippen LogP contribution < -0.4 is 5.32 Å². The number of hydrogen-bond acceptors (Lipinski definition) is 3. The van der Waals surface area contributed by atoms with Crippen LogP contribution in [0, 0.1) is 5.92 Å². The second kappa shape index (κ2) is 10.4. The van der Waals surface area contributed by atoms with Crippen molar-refractivity contribution in [3.05, 3.63) is 0 Å². The SMILES string of the molecule is CC(C)C(CCO)NCCCCCCO. The van der Waals surface area contributed by atoms with Crippen molar-refractivity contribution in [2.75, 3.05) is 19.8 Å². The largest absolute Gasteiger partial charge is 0.396 e. The van der Waals surface area contributed by atoms with E-state index in [2.05, 4.69) is 19.2 Å². The van der Waals surface area contributed by atoms with Gasteiger partial charge in [-0.2, -0.15) is 0 Å². The molecule has 0 aliphatic rings. The van der Waals surface area contributed by atoms with Crippen LogP contribution in [0.15, 0.2) is 0 Å². The Morgan fingerprint density at radius 2 is 1.60 bits per heavy atom. The fourth-order valence-electron chi connectivity index (χ4n) is 1.69. The topological polar surface area (TPSA) is 52.5 Å². The van der Waals surface area contributed by atoms with Crippen LogP contribution in [0.3, 0.4) is 0 Å². The lowest BCUT2D eigenvalue weighted by atomic mass is 10.0. The summed E-state index contributed by atoms with van der Waals surface area (Å²) < 4.78 is 0. The first-order valence-corrected chi connectivity index (χ1v) is 6.17. The molecule has 0 aromatic rings. The zero-order valence-corrected chi connectivity index (χ0v) is 10.2. The third-order valence-corrected chi connectivity index (χ3v) is 2.74. The molecule has 0 amide bonds. The molecular weight excluding hydrogens is 190 g/mol. The van der Waals surface area contributed by atoms with Crippen molar-refractivity contribution in [1.29, 1.82) is 0 Å². The van der Waals surface area contributed by atoms with Crippen LogP contribution in [-0.2, 0) is 0 Å². The predicted molar refractivity (Wildman–Crippen MR) is 63.9 cm³/mol. The first-order chi connectivity index (χ1) is 7.22. The second-order valence-electron chi connectivity index (χ2n) is 4.45. The standard InChI is InChI=1S/C12H27NO2/c1-11(2)12(7-10-15)13-8-5-3-4-6-9-14/h11-15H,3-10H2,1-2H3. The van der Waals surface area contributed by atoms with Gasteiger partial charge in [0, 0.05) is 19.3 Å². The zero-order chi connectivity index (χ0) is 11.5. The van der Waals surface area contributed by atoms with Crippen LogP contribution in [0.1, 0.15) is 46.0 Å². The summed E-state index contributed by atoms with van der Waals surface area (Å²) in [5.74, 6) is 0.578. The van der Waals surface area contributed by atoms with Gasteiger partial charge in [0.25, 0.3) is 0 Å². The molecule has 0 bridgehead atoms. The third kappa shape index (κ3) is 8.85. The van der Waals surface area contributed by atoms with E-state index in [0.717, 1.165) is 32.2 Å². The minimum absolute atomic E-state index is 0.264. The van der Waals surface area contributed by atoms with Gasteiger partial charge in [-0.25, -0.2) is 0 Å². The molecule has 0 spiro atoms. The number of hydrogen-bond donors (Lipinski definition) is 3. The molecule has 0 aliphatic carbocycles. The van der Waals surface area contributed by atoms with Gasteiger partial charge in [-0.1, -0.05) is 26.7 Å². The summed E-state index contributed by atoms with van der Waals surface area (Å²) in [5, 5.41) is 21.0. The highest BCUT2D eigenvalue weighted by Crippen LogP contribution is 2.06. The van der Waals surface area contributed by atoms with Gasteiger partial charge >= 0.3 is 0 Å². The highest BCUT2D eigenvalue weighted by atomic mass is 16.3. The fraction of sp³-hybridized carbons (Fsp3) is 1.00. The van der Waals surface area contributed by atoms with Crippen LogP contribution in [-0.4, -0.2) is 36.0 Å². The van der Waals surface area contributed by atoms with Crippen molar-refractivity contribution in [1.82, 2.24) is 5.32 Å². The van der Waals surface area contributed by atoms with E-state index in [-0.39, 0.29) is 6.61 Å². The number of unbranched alkanes of at least 4 members (excludes halogenated alkanes) is 3. The molecule has 0 saturated heterocycles. The van der Waals surface area contributed by atoms with Crippen LogP contribution >= 0.6 is 0 Å². The van der Waals surface area contributed by atoms with Crippen LogP contribution in [0.5, 0.6) is 0 Å². The van der Waals surface area contributed by atoms with Crippen molar-refractivity contribution in [2.45, 2.75) is 52.0 Å². The molecule has 3 nitrogen and oxygen atoms in total. The Hall–Kier alpha value is -0.120. The first-order valence-electron chi connectivity index (χ1n) is 6.17. The third-order valence-electron chi connectivity index (χ3n) is 2.74. The van der Waals surface area contributed by atoms with Crippen molar-refractivity contribution in [3.63, 3.8) is 0 Å². The normalized spacial score (nSPS) is 13.4. The maximum absolute atomic E-state index is 8.89. The molecule has 3 N–H and O–H groups in total. The Kier molecular flexibility index (Phi) is 10.3. The average molecular weight is 217 g/mol. The molecule has 0 saturated carbocycles. The summed E-state index contributed by atoms with van der Waals surface area (Å²) in [5.41, 5.74) is 0. The molecule has 0 aliphatic heterocycles. The minimum atomic E-state index is 0.264. The van der Waals surface area contributed by atoms with E-state index in [1.807, 2.05) is 0 Å². The lowest BCUT2D eigenvalue weighted by molar-refractivity contribution is 0.243. The molecule has 0 radical (unpaired) electrons. The van der Waals surface area contributed by atoms with Gasteiger partial charge < -0.3 is 15.5 Å². The predicted octanol–water partition coefficient (Wildman–Crippen LogP) is 1.54. The Labute approximate surface area is 93.9 Å². The van der Waals surface area contributed by atoms with Gasteiger partial charge in [-0.3, -0.25) is 0 Å². The summed E-state index contributed by atoms with van der Waals surface area (Å²) in [6.07, 6.45) is 5.22. The van der Waals surface area contributed by atoms with Crippen molar-refractivity contribution in [2.24, 2.45) is 5.92 Å². The van der Waals surface area contributed by atoms with E-state index in [1.54, 1.807) is 0 Å². The Morgan fingerprint density at radius 3 is 2.13 bits per heavy atom. The molecular formula is C12H27NO2. The van der Waals surface area contributed by atoms with Gasteiger partial charge in [0.1, 0.15) is 0 Å². The van der Waals surface area contributed by atoms with Crippen molar-refractivity contribution < 1.29 is 10.2 Å². The fourth-order valence-corrected chi connectivity index (χ4v) is 1.69. The summed E-state index contributed by atoms with van der Waals surface area (Å²) in [6.45, 7) is 5.96. The summed E-state index contributed by atoms with van der Waals surface area (Å²) >= 11 is 0. The van der Waals surface area contributed by atoms with E-state index < -0.39 is 0 Å². The van der Waals surface area contributed by atoms with E-state index in [0.29, 0.717) is 18.6 Å². The highest BCUT2D eigenvalue weighted by Gasteiger charge is 2.10. The van der Waals surface area contributed by atoms with Gasteiger partial charge in [0.15, 0.2) is 0 Å². The van der Waals surface area contributed by atoms with E-state index >= 15 is 0 Å². The highest BCUT2D eigenvalue weighted by molar-refractivity contribution is 4.69. The van der Waals surface area contributed by atoms with Crippen molar-refractivity contribution in [3.8, 4) is 0 Å². The number of nitrogens with one attached hydrogen (secondary N) is 1. The number of rotatable bonds is 10. The molecule has 3 heteroatoms. The van der Waals surface area contributed by atoms with Crippen LogP contribution in [0.25, 0.3) is 0 Å². The average Bonchev–Trinajstić information content (AvgIpc) is 2.21. The zero-order valence-electron chi connectivity index (χ0n) is 10.2. The molecule has 1 unspecified atom stereocenters. The molecule has 0 rings (SSSR count). The van der Waals surface area contributed by atoms with E-state index in [4.69, 9.17) is 10.2 Å². The molecule has 0 heterocycles.